The van der Waals surface area contributed by atoms with Crippen LogP contribution in [0.4, 0.5) is 4.79 Å². The van der Waals surface area contributed by atoms with Crippen molar-refractivity contribution in [2.75, 3.05) is 13.2 Å². The van der Waals surface area contributed by atoms with Crippen LogP contribution >= 0.6 is 0 Å². The van der Waals surface area contributed by atoms with Crippen molar-refractivity contribution in [3.05, 3.63) is 70.8 Å². The van der Waals surface area contributed by atoms with Crippen LogP contribution in [-0.2, 0) is 41.9 Å². The lowest BCUT2D eigenvalue weighted by atomic mass is 10.0. The summed E-state index contributed by atoms with van der Waals surface area (Å²) >= 11 is 0. The molecule has 2 atom stereocenters. The number of unbranched alkanes of at least 4 members (excludes halogenated alkanes) is 26. The van der Waals surface area contributed by atoms with Crippen LogP contribution < -0.4 is 0 Å². The second kappa shape index (κ2) is 39.9. The van der Waals surface area contributed by atoms with E-state index in [9.17, 15) is 14.4 Å². The van der Waals surface area contributed by atoms with Crippen LogP contribution in [0.1, 0.15) is 252 Å². The Morgan fingerprint density at radius 2 is 0.641 bits per heavy atom. The van der Waals surface area contributed by atoms with Crippen molar-refractivity contribution in [3.63, 3.8) is 0 Å². The zero-order valence-electron chi connectivity index (χ0n) is 41.0. The molecule has 0 aliphatic rings. The van der Waals surface area contributed by atoms with E-state index in [1.165, 1.54) is 141 Å². The minimum absolute atomic E-state index is 0.146. The molecular formula is C55H90O9. The van der Waals surface area contributed by atoms with Gasteiger partial charge in [-0.1, -0.05) is 232 Å². The Hall–Kier alpha value is -3.43. The van der Waals surface area contributed by atoms with E-state index >= 15 is 0 Å². The number of hydrogen-bond donors (Lipinski definition) is 0. The van der Waals surface area contributed by atoms with Gasteiger partial charge in [0.15, 0.2) is 0 Å². The Labute approximate surface area is 389 Å². The number of ether oxygens (including phenoxy) is 2. The third kappa shape index (κ3) is 29.9. The van der Waals surface area contributed by atoms with Gasteiger partial charge in [0.25, 0.3) is 0 Å². The van der Waals surface area contributed by atoms with Crippen molar-refractivity contribution in [1.29, 1.82) is 0 Å². The Bertz CT molecular complexity index is 1300. The molecule has 0 radical (unpaired) electrons. The number of carbonyl (C=O) groups is 3. The quantitative estimate of drug-likeness (QED) is 0.0279. The topological polar surface area (TPSA) is 107 Å². The first-order valence-corrected chi connectivity index (χ1v) is 26.1. The van der Waals surface area contributed by atoms with Gasteiger partial charge in [0.1, 0.15) is 25.4 Å². The molecule has 0 N–H and O–H groups in total. The van der Waals surface area contributed by atoms with Crippen molar-refractivity contribution in [3.8, 4) is 0 Å². The van der Waals surface area contributed by atoms with Crippen molar-refractivity contribution < 1.29 is 43.4 Å². The first kappa shape index (κ1) is 56.7. The molecule has 0 amide bonds. The van der Waals surface area contributed by atoms with Crippen LogP contribution in [0.25, 0.3) is 0 Å². The largest absolute Gasteiger partial charge is 0.508 e. The van der Waals surface area contributed by atoms with Crippen LogP contribution in [-0.4, -0.2) is 43.5 Å². The molecule has 2 unspecified atom stereocenters. The summed E-state index contributed by atoms with van der Waals surface area (Å²) in [6.07, 6.45) is 35.5. The van der Waals surface area contributed by atoms with E-state index in [4.69, 9.17) is 29.0 Å². The van der Waals surface area contributed by atoms with Crippen molar-refractivity contribution in [1.82, 2.24) is 0 Å². The lowest BCUT2D eigenvalue weighted by Gasteiger charge is -2.18. The van der Waals surface area contributed by atoms with E-state index < -0.39 is 30.3 Å². The van der Waals surface area contributed by atoms with Crippen LogP contribution in [0.3, 0.4) is 0 Å². The van der Waals surface area contributed by atoms with E-state index in [0.29, 0.717) is 24.0 Å². The van der Waals surface area contributed by atoms with Gasteiger partial charge in [-0.15, -0.1) is 0 Å². The van der Waals surface area contributed by atoms with Gasteiger partial charge in [-0.25, -0.2) is 14.4 Å². The Morgan fingerprint density at radius 3 is 0.906 bits per heavy atom. The zero-order valence-corrected chi connectivity index (χ0v) is 41.0. The van der Waals surface area contributed by atoms with Crippen LogP contribution in [0.5, 0.6) is 0 Å². The minimum Gasteiger partial charge on any atom is -0.431 e. The number of rotatable bonds is 42. The molecule has 2 aromatic carbocycles. The first-order valence-electron chi connectivity index (χ1n) is 26.1. The molecule has 0 aromatic heterocycles. The van der Waals surface area contributed by atoms with Crippen molar-refractivity contribution >= 4 is 18.1 Å². The second-order valence-electron chi connectivity index (χ2n) is 17.9. The zero-order chi connectivity index (χ0) is 46.1. The summed E-state index contributed by atoms with van der Waals surface area (Å²) in [6, 6.07) is 14.4. The maximum absolute atomic E-state index is 12.9. The molecule has 0 fully saturated rings. The predicted octanol–water partition coefficient (Wildman–Crippen LogP) is 16.3. The highest BCUT2D eigenvalue weighted by Gasteiger charge is 2.21. The molecule has 0 aliphatic heterocycles. The summed E-state index contributed by atoms with van der Waals surface area (Å²) in [5, 5.41) is 0. The highest BCUT2D eigenvalue weighted by Crippen LogP contribution is 2.18. The molecule has 0 heterocycles. The fourth-order valence-corrected chi connectivity index (χ4v) is 7.89. The minimum atomic E-state index is -0.896. The molecule has 0 saturated carbocycles. The molecular weight excluding hydrogens is 805 g/mol. The maximum atomic E-state index is 12.9. The number of benzene rings is 2. The lowest BCUT2D eigenvalue weighted by molar-refractivity contribution is -0.285. The van der Waals surface area contributed by atoms with Crippen LogP contribution in [0.2, 0.25) is 0 Å². The Morgan fingerprint density at radius 1 is 0.375 bits per heavy atom. The molecule has 9 heteroatoms. The molecule has 2 aromatic rings. The van der Waals surface area contributed by atoms with E-state index in [2.05, 4.69) is 27.7 Å². The molecule has 0 aliphatic carbocycles. The standard InChI is InChI=1S/C55H90O9/c1-5-9-11-13-15-17-19-21-23-25-27-29-31-33-35-51(61-63-53(56)49-41-37-47(7-3)38-42-49)45-59-55(58)60-46-52(62-64-54(57)50-43-39-48(8-4)40-44-50)36-34-32-30-28-26-24-22-20-18-16-14-12-10-6-2/h37-44,51-52H,5-36,45-46H2,1-4H3. The van der Waals surface area contributed by atoms with Gasteiger partial charge in [0.2, 0.25) is 0 Å². The predicted molar refractivity (Wildman–Crippen MR) is 259 cm³/mol. The summed E-state index contributed by atoms with van der Waals surface area (Å²) in [5.41, 5.74) is 3.01. The van der Waals surface area contributed by atoms with Gasteiger partial charge in [0, 0.05) is 0 Å². The van der Waals surface area contributed by atoms with E-state index in [-0.39, 0.29) is 13.2 Å². The van der Waals surface area contributed by atoms with Gasteiger partial charge >= 0.3 is 18.1 Å². The number of hydrogen-bond acceptors (Lipinski definition) is 9. The summed E-state index contributed by atoms with van der Waals surface area (Å²) in [6.45, 7) is 8.34. The summed E-state index contributed by atoms with van der Waals surface area (Å²) in [5.74, 6) is -1.20. The third-order valence-corrected chi connectivity index (χ3v) is 12.2. The second-order valence-corrected chi connectivity index (χ2v) is 17.9. The van der Waals surface area contributed by atoms with Crippen molar-refractivity contribution in [2.45, 2.75) is 245 Å². The van der Waals surface area contributed by atoms with Crippen LogP contribution in [0.15, 0.2) is 48.5 Å². The molecule has 364 valence electrons. The molecule has 0 saturated heterocycles. The normalized spacial score (nSPS) is 12.2. The highest BCUT2D eigenvalue weighted by atomic mass is 17.2. The SMILES string of the molecule is CCCCCCCCCCCCCCCCC(COC(=O)OCC(CCCCCCCCCCCCCCCC)OOC(=O)c1ccc(CC)cc1)OOC(=O)c1ccc(CC)cc1. The van der Waals surface area contributed by atoms with Gasteiger partial charge in [0.05, 0.1) is 11.1 Å². The monoisotopic (exact) mass is 895 g/mol. The van der Waals surface area contributed by atoms with Gasteiger partial charge < -0.3 is 9.47 Å². The number of aryl methyl sites for hydroxylation is 2. The fraction of sp³-hybridized carbons (Fsp3) is 0.727. The average molecular weight is 895 g/mol. The summed E-state index contributed by atoms with van der Waals surface area (Å²) in [7, 11) is 0. The van der Waals surface area contributed by atoms with Gasteiger partial charge in [-0.2, -0.15) is 9.78 Å². The van der Waals surface area contributed by atoms with E-state index in [0.717, 1.165) is 62.5 Å². The maximum Gasteiger partial charge on any atom is 0.508 e. The van der Waals surface area contributed by atoms with Gasteiger partial charge in [-0.3, -0.25) is 9.78 Å². The number of carbonyl (C=O) groups excluding carboxylic acids is 3. The smallest absolute Gasteiger partial charge is 0.431 e. The summed E-state index contributed by atoms with van der Waals surface area (Å²) in [4.78, 5) is 60.2. The molecule has 0 bridgehead atoms. The third-order valence-electron chi connectivity index (χ3n) is 12.2. The lowest BCUT2D eigenvalue weighted by Crippen LogP contribution is -2.27. The highest BCUT2D eigenvalue weighted by molar-refractivity contribution is 5.89. The summed E-state index contributed by atoms with van der Waals surface area (Å²) < 4.78 is 11.0. The van der Waals surface area contributed by atoms with Crippen LogP contribution in [0, 0.1) is 0 Å². The Kier molecular flexibility index (Phi) is 35.3. The first-order chi connectivity index (χ1) is 31.4. The van der Waals surface area contributed by atoms with Gasteiger partial charge in [-0.05, 0) is 61.1 Å². The van der Waals surface area contributed by atoms with Crippen molar-refractivity contribution in [2.24, 2.45) is 0 Å². The fourth-order valence-electron chi connectivity index (χ4n) is 7.89. The molecule has 9 nitrogen and oxygen atoms in total. The average Bonchev–Trinajstić information content (AvgIpc) is 3.32. The van der Waals surface area contributed by atoms with E-state index in [1.54, 1.807) is 24.3 Å². The molecule has 64 heavy (non-hydrogen) atoms. The molecule has 0 spiro atoms. The van der Waals surface area contributed by atoms with E-state index in [1.807, 2.05) is 24.3 Å². The molecule has 2 rings (SSSR count). The Balaban J connectivity index is 1.82.